The van der Waals surface area contributed by atoms with Gasteiger partial charge in [-0.2, -0.15) is 0 Å². The Hall–Kier alpha value is -2.81. The highest BCUT2D eigenvalue weighted by molar-refractivity contribution is 9.10. The summed E-state index contributed by atoms with van der Waals surface area (Å²) in [6, 6.07) is 10.00. The molecule has 3 rings (SSSR count). The van der Waals surface area contributed by atoms with Crippen molar-refractivity contribution in [2.75, 3.05) is 16.8 Å². The molecule has 0 spiro atoms. The van der Waals surface area contributed by atoms with E-state index in [1.165, 1.54) is 4.90 Å². The number of nitro groups is 1. The van der Waals surface area contributed by atoms with Crippen molar-refractivity contribution in [3.8, 4) is 0 Å². The van der Waals surface area contributed by atoms with Gasteiger partial charge in [-0.3, -0.25) is 19.7 Å². The second-order valence-corrected chi connectivity index (χ2v) is 6.71. The number of hydrogen-bond donors (Lipinski definition) is 1. The number of benzene rings is 2. The molecule has 0 aliphatic carbocycles. The zero-order chi connectivity index (χ0) is 18.8. The van der Waals surface area contributed by atoms with Crippen molar-refractivity contribution in [1.29, 1.82) is 0 Å². The quantitative estimate of drug-likeness (QED) is 0.603. The maximum absolute atomic E-state index is 13.8. The van der Waals surface area contributed by atoms with Gasteiger partial charge in [0.15, 0.2) is 0 Å². The molecule has 1 fully saturated rings. The third-order valence-electron chi connectivity index (χ3n) is 4.03. The van der Waals surface area contributed by atoms with Crippen molar-refractivity contribution < 1.29 is 18.9 Å². The van der Waals surface area contributed by atoms with E-state index in [1.54, 1.807) is 18.2 Å². The zero-order valence-corrected chi connectivity index (χ0v) is 14.9. The van der Waals surface area contributed by atoms with Crippen molar-refractivity contribution in [2.24, 2.45) is 5.92 Å². The summed E-state index contributed by atoms with van der Waals surface area (Å²) in [4.78, 5) is 36.2. The lowest BCUT2D eigenvalue weighted by atomic mass is 10.1. The molecule has 0 aromatic heterocycles. The zero-order valence-electron chi connectivity index (χ0n) is 13.3. The van der Waals surface area contributed by atoms with E-state index in [2.05, 4.69) is 21.2 Å². The number of amides is 2. The van der Waals surface area contributed by atoms with Crippen LogP contribution in [0.4, 0.5) is 21.5 Å². The summed E-state index contributed by atoms with van der Waals surface area (Å²) in [6.45, 7) is 0.150. The van der Waals surface area contributed by atoms with Crippen LogP contribution >= 0.6 is 15.9 Å². The summed E-state index contributed by atoms with van der Waals surface area (Å²) < 4.78 is 14.6. The normalized spacial score (nSPS) is 16.6. The first-order valence-corrected chi connectivity index (χ1v) is 8.45. The van der Waals surface area contributed by atoms with Crippen molar-refractivity contribution in [2.45, 2.75) is 6.42 Å². The molecule has 1 heterocycles. The summed E-state index contributed by atoms with van der Waals surface area (Å²) in [5.74, 6) is -2.24. The Morgan fingerprint density at radius 1 is 1.31 bits per heavy atom. The van der Waals surface area contributed by atoms with Gasteiger partial charge in [-0.15, -0.1) is 0 Å². The minimum absolute atomic E-state index is 0.0190. The molecule has 0 saturated carbocycles. The van der Waals surface area contributed by atoms with Gasteiger partial charge in [0.25, 0.3) is 5.69 Å². The number of hydrogen-bond acceptors (Lipinski definition) is 4. The third-order valence-corrected chi connectivity index (χ3v) is 4.53. The van der Waals surface area contributed by atoms with Crippen molar-refractivity contribution in [3.05, 3.63) is 62.9 Å². The standard InChI is InChI=1S/C17H13BrFN3O4/c18-11-2-1-3-12(7-11)21-9-10(6-16(21)23)17(24)20-15-8-13(22(25)26)4-5-14(15)19/h1-5,7-8,10H,6,9H2,(H,20,24). The SMILES string of the molecule is O=C(Nc1cc([N+](=O)[O-])ccc1F)C1CC(=O)N(c2cccc(Br)c2)C1. The van der Waals surface area contributed by atoms with Crippen LogP contribution in [0.2, 0.25) is 0 Å². The molecule has 2 amide bonds. The summed E-state index contributed by atoms with van der Waals surface area (Å²) in [7, 11) is 0. The number of carbonyl (C=O) groups excluding carboxylic acids is 2. The molecule has 0 bridgehead atoms. The molecule has 0 radical (unpaired) electrons. The van der Waals surface area contributed by atoms with E-state index < -0.39 is 22.6 Å². The average molecular weight is 422 g/mol. The van der Waals surface area contributed by atoms with E-state index in [9.17, 15) is 24.1 Å². The Morgan fingerprint density at radius 3 is 2.77 bits per heavy atom. The van der Waals surface area contributed by atoms with Crippen LogP contribution < -0.4 is 10.2 Å². The van der Waals surface area contributed by atoms with Crippen LogP contribution in [0.3, 0.4) is 0 Å². The second kappa shape index (κ2) is 7.20. The molecule has 134 valence electrons. The van der Waals surface area contributed by atoms with E-state index in [-0.39, 0.29) is 30.2 Å². The highest BCUT2D eigenvalue weighted by Crippen LogP contribution is 2.29. The van der Waals surface area contributed by atoms with Crippen LogP contribution in [0.5, 0.6) is 0 Å². The number of non-ortho nitro benzene ring substituents is 1. The van der Waals surface area contributed by atoms with E-state index in [0.717, 1.165) is 22.7 Å². The van der Waals surface area contributed by atoms with E-state index in [4.69, 9.17) is 0 Å². The molecular formula is C17H13BrFN3O4. The van der Waals surface area contributed by atoms with Crippen LogP contribution in [-0.4, -0.2) is 23.3 Å². The highest BCUT2D eigenvalue weighted by Gasteiger charge is 2.35. The number of halogens is 2. The van der Waals surface area contributed by atoms with Gasteiger partial charge >= 0.3 is 0 Å². The summed E-state index contributed by atoms with van der Waals surface area (Å²) >= 11 is 3.33. The predicted molar refractivity (Wildman–Crippen MR) is 96.3 cm³/mol. The average Bonchev–Trinajstić information content (AvgIpc) is 2.98. The van der Waals surface area contributed by atoms with Crippen LogP contribution in [0.15, 0.2) is 46.9 Å². The van der Waals surface area contributed by atoms with Gasteiger partial charge in [0, 0.05) is 35.3 Å². The molecule has 2 aromatic carbocycles. The van der Waals surface area contributed by atoms with Crippen LogP contribution in [-0.2, 0) is 9.59 Å². The first kappa shape index (κ1) is 18.0. The number of nitrogens with zero attached hydrogens (tertiary/aromatic N) is 2. The van der Waals surface area contributed by atoms with Crippen LogP contribution in [0.25, 0.3) is 0 Å². The Labute approximate surface area is 156 Å². The molecule has 1 aliphatic heterocycles. The van der Waals surface area contributed by atoms with Gasteiger partial charge < -0.3 is 10.2 Å². The molecule has 1 N–H and O–H groups in total. The number of rotatable bonds is 4. The molecule has 1 atom stereocenters. The first-order chi connectivity index (χ1) is 12.3. The smallest absolute Gasteiger partial charge is 0.271 e. The van der Waals surface area contributed by atoms with Crippen LogP contribution in [0, 0.1) is 21.8 Å². The fourth-order valence-corrected chi connectivity index (χ4v) is 3.12. The van der Waals surface area contributed by atoms with Gasteiger partial charge in [-0.05, 0) is 24.3 Å². The first-order valence-electron chi connectivity index (χ1n) is 7.66. The summed E-state index contributed by atoms with van der Waals surface area (Å²) in [6.07, 6.45) is -0.0190. The third kappa shape index (κ3) is 3.72. The molecule has 9 heteroatoms. The Morgan fingerprint density at radius 2 is 2.08 bits per heavy atom. The highest BCUT2D eigenvalue weighted by atomic mass is 79.9. The predicted octanol–water partition coefficient (Wildman–Crippen LogP) is 3.49. The maximum Gasteiger partial charge on any atom is 0.271 e. The van der Waals surface area contributed by atoms with Gasteiger partial charge in [0.2, 0.25) is 11.8 Å². The lowest BCUT2D eigenvalue weighted by Crippen LogP contribution is -2.28. The minimum atomic E-state index is -0.780. The Balaban J connectivity index is 1.75. The Bertz CT molecular complexity index is 905. The Kier molecular flexibility index (Phi) is 4.99. The van der Waals surface area contributed by atoms with Gasteiger partial charge in [0.05, 0.1) is 16.5 Å². The van der Waals surface area contributed by atoms with Gasteiger partial charge in [-0.1, -0.05) is 22.0 Å². The van der Waals surface area contributed by atoms with Gasteiger partial charge in [-0.25, -0.2) is 4.39 Å². The number of nitro benzene ring substituents is 1. The summed E-state index contributed by atoms with van der Waals surface area (Å²) in [5.41, 5.74) is 0.0405. The van der Waals surface area contributed by atoms with Gasteiger partial charge in [0.1, 0.15) is 5.82 Å². The largest absolute Gasteiger partial charge is 0.323 e. The van der Waals surface area contributed by atoms with Crippen LogP contribution in [0.1, 0.15) is 6.42 Å². The van der Waals surface area contributed by atoms with E-state index >= 15 is 0 Å². The second-order valence-electron chi connectivity index (χ2n) is 5.80. The molecule has 1 aliphatic rings. The lowest BCUT2D eigenvalue weighted by Gasteiger charge is -2.17. The molecular weight excluding hydrogens is 409 g/mol. The number of nitrogens with one attached hydrogen (secondary N) is 1. The fraction of sp³-hybridized carbons (Fsp3) is 0.176. The molecule has 2 aromatic rings. The topological polar surface area (TPSA) is 92.5 Å². The monoisotopic (exact) mass is 421 g/mol. The molecule has 26 heavy (non-hydrogen) atoms. The molecule has 1 unspecified atom stereocenters. The van der Waals surface area contributed by atoms with E-state index in [0.29, 0.717) is 5.69 Å². The maximum atomic E-state index is 13.8. The number of anilines is 2. The molecule has 7 nitrogen and oxygen atoms in total. The van der Waals surface area contributed by atoms with Crippen molar-refractivity contribution in [3.63, 3.8) is 0 Å². The number of carbonyl (C=O) groups is 2. The fourth-order valence-electron chi connectivity index (χ4n) is 2.73. The lowest BCUT2D eigenvalue weighted by molar-refractivity contribution is -0.384. The van der Waals surface area contributed by atoms with E-state index in [1.807, 2.05) is 6.07 Å². The minimum Gasteiger partial charge on any atom is -0.323 e. The van der Waals surface area contributed by atoms with Crippen molar-refractivity contribution >= 4 is 44.8 Å². The summed E-state index contributed by atoms with van der Waals surface area (Å²) in [5, 5.41) is 13.1. The molecule has 1 saturated heterocycles. The van der Waals surface area contributed by atoms with Crippen molar-refractivity contribution in [1.82, 2.24) is 0 Å².